The lowest BCUT2D eigenvalue weighted by Crippen LogP contribution is -2.14. The summed E-state index contributed by atoms with van der Waals surface area (Å²) < 4.78 is 29.0. The first-order valence-corrected chi connectivity index (χ1v) is 12.9. The van der Waals surface area contributed by atoms with E-state index in [1.54, 1.807) is 31.2 Å². The first-order valence-electron chi connectivity index (χ1n) is 11.0. The van der Waals surface area contributed by atoms with Crippen LogP contribution in [0.3, 0.4) is 0 Å². The van der Waals surface area contributed by atoms with Crippen LogP contribution in [0, 0.1) is 6.92 Å². The maximum Gasteiger partial charge on any atom is 0.262 e. The quantitative estimate of drug-likeness (QED) is 0.222. The molecule has 180 valence electrons. The van der Waals surface area contributed by atoms with Gasteiger partial charge in [-0.05, 0) is 67.1 Å². The zero-order valence-electron chi connectivity index (χ0n) is 19.1. The van der Waals surface area contributed by atoms with Crippen LogP contribution in [0.2, 0.25) is 5.02 Å². The van der Waals surface area contributed by atoms with Crippen molar-refractivity contribution in [2.24, 2.45) is 0 Å². The largest absolute Gasteiger partial charge is 0.508 e. The molecule has 1 aromatic heterocycles. The summed E-state index contributed by atoms with van der Waals surface area (Å²) >= 11 is 5.99. The zero-order valence-corrected chi connectivity index (χ0v) is 20.7. The highest BCUT2D eigenvalue weighted by Crippen LogP contribution is 2.33. The summed E-state index contributed by atoms with van der Waals surface area (Å²) in [6, 6.07) is 26.0. The molecule has 0 spiro atoms. The highest BCUT2D eigenvalue weighted by atomic mass is 35.5. The average molecular weight is 517 g/mol. The lowest BCUT2D eigenvalue weighted by atomic mass is 10.0. The van der Waals surface area contributed by atoms with E-state index in [-0.39, 0.29) is 10.6 Å². The Morgan fingerprint density at radius 3 is 2.19 bits per heavy atom. The number of phenolic OH excluding ortho intramolecular Hbond substituents is 1. The third-order valence-corrected chi connectivity index (χ3v) is 7.44. The summed E-state index contributed by atoms with van der Waals surface area (Å²) in [6.45, 7) is 1.73. The number of nitrogens with zero attached hydrogens (tertiary/aromatic N) is 2. The maximum absolute atomic E-state index is 13.2. The molecular formula is C27H21ClN4O3S. The van der Waals surface area contributed by atoms with Crippen molar-refractivity contribution in [2.75, 3.05) is 10.0 Å². The van der Waals surface area contributed by atoms with Gasteiger partial charge >= 0.3 is 0 Å². The van der Waals surface area contributed by atoms with Gasteiger partial charge in [0.15, 0.2) is 5.82 Å². The molecule has 0 saturated heterocycles. The zero-order chi connectivity index (χ0) is 25.3. The van der Waals surface area contributed by atoms with Crippen molar-refractivity contribution in [2.45, 2.75) is 11.8 Å². The number of rotatable bonds is 6. The molecule has 0 atom stereocenters. The van der Waals surface area contributed by atoms with Crippen LogP contribution in [0.1, 0.15) is 5.56 Å². The molecular weight excluding hydrogens is 496 g/mol. The van der Waals surface area contributed by atoms with Gasteiger partial charge in [0.05, 0.1) is 4.90 Å². The standard InChI is InChI=1S/C27H21ClN4O3S/c1-17-6-7-18(16-25(17)36(34,35)32-21-12-14-22(33)15-13-21)26-23-4-2-3-5-24(23)27(31-30-26)29-20-10-8-19(28)9-11-20/h2-16,32-33H,1H3,(H,29,31). The Kier molecular flexibility index (Phi) is 6.22. The van der Waals surface area contributed by atoms with Crippen LogP contribution < -0.4 is 10.0 Å². The number of nitrogens with one attached hydrogen (secondary N) is 2. The van der Waals surface area contributed by atoms with Gasteiger partial charge < -0.3 is 10.4 Å². The number of aromatic hydroxyl groups is 1. The highest BCUT2D eigenvalue weighted by Gasteiger charge is 2.20. The molecule has 4 aromatic carbocycles. The van der Waals surface area contributed by atoms with Crippen LogP contribution in [0.15, 0.2) is 95.9 Å². The van der Waals surface area contributed by atoms with Gasteiger partial charge in [-0.1, -0.05) is 48.0 Å². The molecule has 7 nitrogen and oxygen atoms in total. The molecule has 0 radical (unpaired) electrons. The smallest absolute Gasteiger partial charge is 0.262 e. The molecule has 1 heterocycles. The number of benzene rings is 4. The van der Waals surface area contributed by atoms with Crippen molar-refractivity contribution in [3.8, 4) is 17.0 Å². The van der Waals surface area contributed by atoms with E-state index in [9.17, 15) is 13.5 Å². The van der Waals surface area contributed by atoms with Gasteiger partial charge in [0.25, 0.3) is 10.0 Å². The van der Waals surface area contributed by atoms with Crippen LogP contribution in [0.4, 0.5) is 17.2 Å². The Labute approximate surface area is 213 Å². The molecule has 5 aromatic rings. The molecule has 0 amide bonds. The van der Waals surface area contributed by atoms with Gasteiger partial charge in [0, 0.05) is 32.7 Å². The maximum atomic E-state index is 13.2. The third-order valence-electron chi connectivity index (χ3n) is 5.66. The minimum atomic E-state index is -3.90. The number of hydrogen-bond acceptors (Lipinski definition) is 6. The summed E-state index contributed by atoms with van der Waals surface area (Å²) in [5.41, 5.74) is 2.93. The van der Waals surface area contributed by atoms with Gasteiger partial charge in [-0.15, -0.1) is 10.2 Å². The van der Waals surface area contributed by atoms with Crippen LogP contribution >= 0.6 is 11.6 Å². The SMILES string of the molecule is Cc1ccc(-c2nnc(Nc3ccc(Cl)cc3)c3ccccc23)cc1S(=O)(=O)Nc1ccc(O)cc1. The normalized spacial score (nSPS) is 11.4. The Balaban J connectivity index is 1.55. The van der Waals surface area contributed by atoms with E-state index in [0.717, 1.165) is 16.5 Å². The highest BCUT2D eigenvalue weighted by molar-refractivity contribution is 7.92. The lowest BCUT2D eigenvalue weighted by molar-refractivity contribution is 0.475. The van der Waals surface area contributed by atoms with E-state index < -0.39 is 10.0 Å². The van der Waals surface area contributed by atoms with Crippen molar-refractivity contribution in [3.05, 3.63) is 102 Å². The topological polar surface area (TPSA) is 104 Å². The fourth-order valence-corrected chi connectivity index (χ4v) is 5.31. The Morgan fingerprint density at radius 2 is 1.47 bits per heavy atom. The van der Waals surface area contributed by atoms with Crippen LogP contribution in [0.5, 0.6) is 5.75 Å². The van der Waals surface area contributed by atoms with Crippen LogP contribution in [-0.4, -0.2) is 23.7 Å². The summed E-state index contributed by atoms with van der Waals surface area (Å²) in [7, 11) is -3.90. The first-order chi connectivity index (χ1) is 17.3. The number of aryl methyl sites for hydroxylation is 1. The molecule has 3 N–H and O–H groups in total. The number of hydrogen-bond donors (Lipinski definition) is 3. The van der Waals surface area contributed by atoms with E-state index in [2.05, 4.69) is 20.2 Å². The third kappa shape index (κ3) is 4.82. The van der Waals surface area contributed by atoms with Crippen LogP contribution in [-0.2, 0) is 10.0 Å². The Bertz CT molecular complexity index is 1670. The number of fused-ring (bicyclic) bond motifs is 1. The lowest BCUT2D eigenvalue weighted by Gasteiger charge is -2.14. The second-order valence-electron chi connectivity index (χ2n) is 8.21. The number of anilines is 3. The van der Waals surface area contributed by atoms with Crippen molar-refractivity contribution in [3.63, 3.8) is 0 Å². The molecule has 0 fully saturated rings. The van der Waals surface area contributed by atoms with Gasteiger partial charge in [-0.2, -0.15) is 0 Å². The van der Waals surface area contributed by atoms with Gasteiger partial charge in [-0.3, -0.25) is 4.72 Å². The van der Waals surface area contributed by atoms with E-state index in [4.69, 9.17) is 11.6 Å². The Hall–Kier alpha value is -4.14. The van der Waals surface area contributed by atoms with Crippen molar-refractivity contribution >= 4 is 49.6 Å². The average Bonchev–Trinajstić information content (AvgIpc) is 2.87. The van der Waals surface area contributed by atoms with Gasteiger partial charge in [0.1, 0.15) is 11.4 Å². The summed E-state index contributed by atoms with van der Waals surface area (Å²) in [4.78, 5) is 0.127. The predicted molar refractivity (Wildman–Crippen MR) is 143 cm³/mol. The summed E-state index contributed by atoms with van der Waals surface area (Å²) in [5, 5.41) is 23.9. The van der Waals surface area contributed by atoms with E-state index in [1.165, 1.54) is 24.3 Å². The number of sulfonamides is 1. The number of halogens is 1. The molecule has 0 aliphatic heterocycles. The molecule has 9 heteroatoms. The number of aromatic nitrogens is 2. The Morgan fingerprint density at radius 1 is 0.806 bits per heavy atom. The van der Waals surface area contributed by atoms with Crippen LogP contribution in [0.25, 0.3) is 22.0 Å². The van der Waals surface area contributed by atoms with Gasteiger partial charge in [0.2, 0.25) is 0 Å². The molecule has 0 saturated carbocycles. The second kappa shape index (κ2) is 9.49. The fourth-order valence-electron chi connectivity index (χ4n) is 3.86. The second-order valence-corrected chi connectivity index (χ2v) is 10.3. The number of phenols is 1. The van der Waals surface area contributed by atoms with Gasteiger partial charge in [-0.25, -0.2) is 8.42 Å². The first kappa shape index (κ1) is 23.6. The van der Waals surface area contributed by atoms with E-state index in [1.807, 2.05) is 42.5 Å². The molecule has 36 heavy (non-hydrogen) atoms. The molecule has 0 bridgehead atoms. The van der Waals surface area contributed by atoms with E-state index in [0.29, 0.717) is 33.3 Å². The van der Waals surface area contributed by atoms with Crippen molar-refractivity contribution in [1.82, 2.24) is 10.2 Å². The molecule has 0 unspecified atom stereocenters. The summed E-state index contributed by atoms with van der Waals surface area (Å²) in [5.74, 6) is 0.626. The minimum Gasteiger partial charge on any atom is -0.508 e. The van der Waals surface area contributed by atoms with Crippen molar-refractivity contribution < 1.29 is 13.5 Å². The summed E-state index contributed by atoms with van der Waals surface area (Å²) in [6.07, 6.45) is 0. The molecule has 5 rings (SSSR count). The fraction of sp³-hybridized carbons (Fsp3) is 0.0370. The monoisotopic (exact) mass is 516 g/mol. The minimum absolute atomic E-state index is 0.0515. The predicted octanol–water partition coefficient (Wildman–Crippen LogP) is 6.51. The van der Waals surface area contributed by atoms with Crippen molar-refractivity contribution in [1.29, 1.82) is 0 Å². The molecule has 0 aliphatic rings. The van der Waals surface area contributed by atoms with E-state index >= 15 is 0 Å². The molecule has 0 aliphatic carbocycles.